The quantitative estimate of drug-likeness (QED) is 0.904. The number of benzene rings is 1. The van der Waals surface area contributed by atoms with Crippen LogP contribution in [-0.4, -0.2) is 53.2 Å². The molecule has 19 heavy (non-hydrogen) atoms. The summed E-state index contributed by atoms with van der Waals surface area (Å²) in [6, 6.07) is 11.2. The fourth-order valence-corrected chi connectivity index (χ4v) is 3.23. The number of aliphatic hydroxyl groups excluding tert-OH is 1. The van der Waals surface area contributed by atoms with Crippen LogP contribution < -0.4 is 0 Å². The standard InChI is InChI=1S/C16H26N2O/c1-13(14-8-6-5-7-9-14)18-10-15(11-19)17(4)12-16(18,2)3/h5-9,13,15,19H,10-12H2,1-4H3. The average Bonchev–Trinajstić information content (AvgIpc) is 2.38. The Morgan fingerprint density at radius 2 is 1.95 bits per heavy atom. The fraction of sp³-hybridized carbons (Fsp3) is 0.625. The van der Waals surface area contributed by atoms with Crippen molar-refractivity contribution in [2.45, 2.75) is 38.4 Å². The highest BCUT2D eigenvalue weighted by molar-refractivity contribution is 5.19. The molecule has 0 radical (unpaired) electrons. The van der Waals surface area contributed by atoms with Crippen molar-refractivity contribution in [1.82, 2.24) is 9.80 Å². The van der Waals surface area contributed by atoms with Gasteiger partial charge in [0, 0.05) is 30.7 Å². The van der Waals surface area contributed by atoms with E-state index >= 15 is 0 Å². The first-order chi connectivity index (χ1) is 8.95. The zero-order valence-electron chi connectivity index (χ0n) is 12.5. The molecule has 1 aliphatic heterocycles. The van der Waals surface area contributed by atoms with Gasteiger partial charge in [0.2, 0.25) is 0 Å². The van der Waals surface area contributed by atoms with E-state index in [4.69, 9.17) is 0 Å². The maximum absolute atomic E-state index is 9.53. The van der Waals surface area contributed by atoms with Gasteiger partial charge < -0.3 is 5.11 Å². The van der Waals surface area contributed by atoms with Gasteiger partial charge in [-0.25, -0.2) is 0 Å². The van der Waals surface area contributed by atoms with Crippen LogP contribution in [0, 0.1) is 0 Å². The predicted molar refractivity (Wildman–Crippen MR) is 79.1 cm³/mol. The molecule has 0 bridgehead atoms. The first-order valence-electron chi connectivity index (χ1n) is 7.08. The van der Waals surface area contributed by atoms with E-state index in [1.807, 2.05) is 0 Å². The second kappa shape index (κ2) is 5.61. The van der Waals surface area contributed by atoms with E-state index < -0.39 is 0 Å². The van der Waals surface area contributed by atoms with Crippen molar-refractivity contribution >= 4 is 0 Å². The lowest BCUT2D eigenvalue weighted by molar-refractivity contribution is -0.0434. The SMILES string of the molecule is CC(c1ccccc1)N1CC(CO)N(C)CC1(C)C. The highest BCUT2D eigenvalue weighted by Gasteiger charge is 2.39. The molecule has 3 heteroatoms. The van der Waals surface area contributed by atoms with E-state index in [1.54, 1.807) is 0 Å². The summed E-state index contributed by atoms with van der Waals surface area (Å²) in [7, 11) is 2.10. The first kappa shape index (κ1) is 14.5. The molecule has 0 saturated carbocycles. The molecule has 0 aliphatic carbocycles. The minimum absolute atomic E-state index is 0.121. The third-order valence-electron chi connectivity index (χ3n) is 4.40. The molecule has 2 rings (SSSR count). The monoisotopic (exact) mass is 262 g/mol. The van der Waals surface area contributed by atoms with Crippen molar-refractivity contribution in [3.8, 4) is 0 Å². The molecule has 1 heterocycles. The van der Waals surface area contributed by atoms with Crippen LogP contribution in [0.1, 0.15) is 32.4 Å². The third kappa shape index (κ3) is 2.99. The number of likely N-dealkylation sites (N-methyl/N-ethyl adjacent to an activating group) is 1. The third-order valence-corrected chi connectivity index (χ3v) is 4.40. The summed E-state index contributed by atoms with van der Waals surface area (Å²) in [5.41, 5.74) is 1.46. The van der Waals surface area contributed by atoms with Crippen molar-refractivity contribution < 1.29 is 5.11 Å². The summed E-state index contributed by atoms with van der Waals surface area (Å²) < 4.78 is 0. The lowest BCUT2D eigenvalue weighted by Gasteiger charge is -2.52. The van der Waals surface area contributed by atoms with Gasteiger partial charge in [-0.05, 0) is 33.4 Å². The maximum atomic E-state index is 9.53. The van der Waals surface area contributed by atoms with Crippen molar-refractivity contribution in [2.24, 2.45) is 0 Å². The summed E-state index contributed by atoms with van der Waals surface area (Å²) in [5.74, 6) is 0. The Morgan fingerprint density at radius 3 is 2.53 bits per heavy atom. The molecule has 1 N–H and O–H groups in total. The van der Waals surface area contributed by atoms with Crippen LogP contribution in [0.2, 0.25) is 0 Å². The van der Waals surface area contributed by atoms with Crippen LogP contribution in [-0.2, 0) is 0 Å². The number of hydrogen-bond acceptors (Lipinski definition) is 3. The Hall–Kier alpha value is -0.900. The summed E-state index contributed by atoms with van der Waals surface area (Å²) in [4.78, 5) is 4.79. The van der Waals surface area contributed by atoms with E-state index in [9.17, 15) is 5.11 Å². The van der Waals surface area contributed by atoms with Crippen LogP contribution in [0.4, 0.5) is 0 Å². The van der Waals surface area contributed by atoms with Crippen molar-refractivity contribution in [3.05, 3.63) is 35.9 Å². The molecular formula is C16H26N2O. The predicted octanol–water partition coefficient (Wildman–Crippen LogP) is 2.13. The highest BCUT2D eigenvalue weighted by atomic mass is 16.3. The Morgan fingerprint density at radius 1 is 1.32 bits per heavy atom. The van der Waals surface area contributed by atoms with Gasteiger partial charge in [-0.1, -0.05) is 30.3 Å². The number of hydrogen-bond donors (Lipinski definition) is 1. The van der Waals surface area contributed by atoms with Gasteiger partial charge in [-0.15, -0.1) is 0 Å². The number of piperazine rings is 1. The average molecular weight is 262 g/mol. The Bertz CT molecular complexity index is 404. The molecule has 0 spiro atoms. The van der Waals surface area contributed by atoms with Gasteiger partial charge in [0.15, 0.2) is 0 Å². The largest absolute Gasteiger partial charge is 0.395 e. The van der Waals surface area contributed by atoms with Crippen LogP contribution in [0.25, 0.3) is 0 Å². The van der Waals surface area contributed by atoms with Crippen LogP contribution in [0.5, 0.6) is 0 Å². The Labute approximate surface area is 116 Å². The Balaban J connectivity index is 2.21. The lowest BCUT2D eigenvalue weighted by Crippen LogP contribution is -2.63. The summed E-state index contributed by atoms with van der Waals surface area (Å²) in [6.45, 7) is 8.96. The van der Waals surface area contributed by atoms with Crippen LogP contribution in [0.3, 0.4) is 0 Å². The van der Waals surface area contributed by atoms with Gasteiger partial charge in [0.25, 0.3) is 0 Å². The van der Waals surface area contributed by atoms with Gasteiger partial charge in [0.1, 0.15) is 0 Å². The van der Waals surface area contributed by atoms with E-state index in [2.05, 4.69) is 68.0 Å². The lowest BCUT2D eigenvalue weighted by atomic mass is 9.92. The van der Waals surface area contributed by atoms with Gasteiger partial charge in [-0.3, -0.25) is 9.80 Å². The molecule has 1 aromatic rings. The number of aliphatic hydroxyl groups is 1. The first-order valence-corrected chi connectivity index (χ1v) is 7.08. The van der Waals surface area contributed by atoms with Gasteiger partial charge >= 0.3 is 0 Å². The molecule has 106 valence electrons. The zero-order chi connectivity index (χ0) is 14.0. The van der Waals surface area contributed by atoms with Crippen LogP contribution in [0.15, 0.2) is 30.3 Å². The van der Waals surface area contributed by atoms with E-state index in [-0.39, 0.29) is 18.2 Å². The van der Waals surface area contributed by atoms with Crippen molar-refractivity contribution in [3.63, 3.8) is 0 Å². The molecule has 0 aromatic heterocycles. The van der Waals surface area contributed by atoms with Crippen molar-refractivity contribution in [2.75, 3.05) is 26.7 Å². The van der Waals surface area contributed by atoms with Crippen molar-refractivity contribution in [1.29, 1.82) is 0 Å². The molecule has 3 nitrogen and oxygen atoms in total. The number of rotatable bonds is 3. The maximum Gasteiger partial charge on any atom is 0.0599 e. The minimum Gasteiger partial charge on any atom is -0.395 e. The minimum atomic E-state index is 0.121. The highest BCUT2D eigenvalue weighted by Crippen LogP contribution is 2.32. The Kier molecular flexibility index (Phi) is 4.29. The second-order valence-electron chi connectivity index (χ2n) is 6.30. The molecule has 2 unspecified atom stereocenters. The van der Waals surface area contributed by atoms with Gasteiger partial charge in [-0.2, -0.15) is 0 Å². The summed E-state index contributed by atoms with van der Waals surface area (Å²) >= 11 is 0. The van der Waals surface area contributed by atoms with Gasteiger partial charge in [0.05, 0.1) is 6.61 Å². The van der Waals surface area contributed by atoms with E-state index in [1.165, 1.54) is 5.56 Å². The number of nitrogens with zero attached hydrogens (tertiary/aromatic N) is 2. The molecular weight excluding hydrogens is 236 g/mol. The summed E-state index contributed by atoms with van der Waals surface area (Å²) in [5, 5.41) is 9.53. The molecule has 1 aliphatic rings. The van der Waals surface area contributed by atoms with Crippen LogP contribution >= 0.6 is 0 Å². The molecule has 1 saturated heterocycles. The molecule has 1 fully saturated rings. The fourth-order valence-electron chi connectivity index (χ4n) is 3.23. The molecule has 2 atom stereocenters. The zero-order valence-corrected chi connectivity index (χ0v) is 12.5. The summed E-state index contributed by atoms with van der Waals surface area (Å²) in [6.07, 6.45) is 0. The smallest absolute Gasteiger partial charge is 0.0599 e. The molecule has 0 amide bonds. The molecule has 1 aromatic carbocycles. The topological polar surface area (TPSA) is 26.7 Å². The normalized spacial score (nSPS) is 26.3. The second-order valence-corrected chi connectivity index (χ2v) is 6.30. The van der Waals surface area contributed by atoms with E-state index in [0.717, 1.165) is 13.1 Å². The van der Waals surface area contributed by atoms with E-state index in [0.29, 0.717) is 6.04 Å².